The van der Waals surface area contributed by atoms with Crippen LogP contribution in [0.5, 0.6) is 5.75 Å². The highest BCUT2D eigenvalue weighted by Crippen LogP contribution is 2.51. The molecule has 50 heavy (non-hydrogen) atoms. The summed E-state index contributed by atoms with van der Waals surface area (Å²) in [6, 6.07) is 9.98. The number of nitriles is 1. The molecule has 2 atom stereocenters. The number of fused-ring (bicyclic) bond motifs is 2. The van der Waals surface area contributed by atoms with Gasteiger partial charge in [-0.3, -0.25) is 4.57 Å². The second kappa shape index (κ2) is 13.8. The second-order valence-electron chi connectivity index (χ2n) is 15.5. The highest BCUT2D eigenvalue weighted by molar-refractivity contribution is 7.84. The molecule has 2 aromatic carbocycles. The van der Waals surface area contributed by atoms with E-state index in [4.69, 9.17) is 14.2 Å². The number of aromatic nitrogens is 3. The van der Waals surface area contributed by atoms with E-state index in [0.29, 0.717) is 5.56 Å². The van der Waals surface area contributed by atoms with Crippen LogP contribution in [0.2, 0.25) is 25.7 Å². The van der Waals surface area contributed by atoms with Gasteiger partial charge in [-0.05, 0) is 90.4 Å². The Kier molecular flexibility index (Phi) is 10.8. The number of alkyl halides is 3. The van der Waals surface area contributed by atoms with Crippen molar-refractivity contribution in [2.24, 2.45) is 0 Å². The Balaban J connectivity index is 2.20. The number of hydrogen-bond acceptors (Lipinski definition) is 7. The highest BCUT2D eigenvalue weighted by atomic mass is 32.2. The van der Waals surface area contributed by atoms with E-state index in [0.717, 1.165) is 10.6 Å². The molecule has 0 aliphatic rings. The molecule has 0 radical (unpaired) electrons. The van der Waals surface area contributed by atoms with Crippen LogP contribution in [0, 0.1) is 18.3 Å². The SMILES string of the molecule is COc1cc(C)c2c(ccn2C(=O)OC(C)(C)C)c1C(NS(=O)C(C)(C)C)(c1nc2ccc(C#N)cc2n1COCC[Si](C)(C)C)C(F)(F)F. The number of benzene rings is 2. The number of carbonyl (C=O) groups is 1. The van der Waals surface area contributed by atoms with Gasteiger partial charge in [0.1, 0.15) is 23.9 Å². The van der Waals surface area contributed by atoms with Gasteiger partial charge in [0, 0.05) is 31.8 Å². The molecule has 0 amide bonds. The molecule has 2 aromatic heterocycles. The number of halogens is 3. The van der Waals surface area contributed by atoms with Gasteiger partial charge in [-0.25, -0.2) is 18.7 Å². The van der Waals surface area contributed by atoms with Gasteiger partial charge in [-0.2, -0.15) is 18.4 Å². The van der Waals surface area contributed by atoms with Gasteiger partial charge in [-0.15, -0.1) is 0 Å². The summed E-state index contributed by atoms with van der Waals surface area (Å²) in [7, 11) is -2.68. The molecule has 4 rings (SSSR count). The van der Waals surface area contributed by atoms with E-state index in [1.54, 1.807) is 48.5 Å². The molecule has 272 valence electrons. The van der Waals surface area contributed by atoms with Crippen LogP contribution in [-0.2, 0) is 32.7 Å². The minimum absolute atomic E-state index is 0.000542. The largest absolute Gasteiger partial charge is 0.496 e. The van der Waals surface area contributed by atoms with E-state index in [2.05, 4.69) is 29.3 Å². The van der Waals surface area contributed by atoms with E-state index in [9.17, 15) is 14.3 Å². The third-order valence-corrected chi connectivity index (χ3v) is 11.3. The lowest BCUT2D eigenvalue weighted by molar-refractivity contribution is -0.184. The van der Waals surface area contributed by atoms with E-state index in [1.807, 2.05) is 6.07 Å². The van der Waals surface area contributed by atoms with Gasteiger partial charge in [0.15, 0.2) is 0 Å². The number of nitrogens with one attached hydrogen (secondary N) is 1. The Morgan fingerprint density at radius 1 is 1.08 bits per heavy atom. The van der Waals surface area contributed by atoms with Gasteiger partial charge in [0.25, 0.3) is 0 Å². The van der Waals surface area contributed by atoms with Crippen LogP contribution in [-0.4, -0.2) is 62.7 Å². The van der Waals surface area contributed by atoms with Crippen LogP contribution < -0.4 is 9.46 Å². The van der Waals surface area contributed by atoms with Crippen molar-refractivity contribution in [3.8, 4) is 11.8 Å². The third-order valence-electron chi connectivity index (χ3n) is 7.96. The van der Waals surface area contributed by atoms with Crippen molar-refractivity contribution < 1.29 is 36.4 Å². The Hall–Kier alpha value is -3.71. The average molecular weight is 734 g/mol. The molecule has 0 aliphatic heterocycles. The minimum Gasteiger partial charge on any atom is -0.496 e. The van der Waals surface area contributed by atoms with E-state index in [1.165, 1.54) is 48.2 Å². The van der Waals surface area contributed by atoms with Crippen molar-refractivity contribution in [1.82, 2.24) is 18.8 Å². The van der Waals surface area contributed by atoms with Gasteiger partial charge in [0.05, 0.1) is 51.0 Å². The molecule has 0 saturated carbocycles. The molecule has 0 bridgehead atoms. The van der Waals surface area contributed by atoms with Crippen molar-refractivity contribution in [3.63, 3.8) is 0 Å². The first kappa shape index (κ1) is 39.1. The monoisotopic (exact) mass is 733 g/mol. The quantitative estimate of drug-likeness (QED) is 0.129. The fourth-order valence-corrected chi connectivity index (χ4v) is 7.14. The molecular weight excluding hydrogens is 688 g/mol. The molecule has 0 fully saturated rings. The Morgan fingerprint density at radius 3 is 2.28 bits per heavy atom. The van der Waals surface area contributed by atoms with E-state index in [-0.39, 0.29) is 46.6 Å². The summed E-state index contributed by atoms with van der Waals surface area (Å²) < 4.78 is 84.7. The molecule has 15 heteroatoms. The summed E-state index contributed by atoms with van der Waals surface area (Å²) >= 11 is 0. The smallest absolute Gasteiger partial charge is 0.419 e. The van der Waals surface area contributed by atoms with E-state index >= 15 is 13.2 Å². The summed E-state index contributed by atoms with van der Waals surface area (Å²) in [4.78, 5) is 18.0. The average Bonchev–Trinajstić information content (AvgIpc) is 3.58. The summed E-state index contributed by atoms with van der Waals surface area (Å²) in [5.41, 5.74) is -3.47. The minimum atomic E-state index is -5.23. The molecular formula is C35H46F3N5O5SSi. The first-order valence-electron chi connectivity index (χ1n) is 16.1. The lowest BCUT2D eigenvalue weighted by atomic mass is 9.84. The van der Waals surface area contributed by atoms with Crippen LogP contribution >= 0.6 is 0 Å². The number of ether oxygens (including phenoxy) is 3. The molecule has 4 aromatic rings. The lowest BCUT2D eigenvalue weighted by Crippen LogP contribution is -2.59. The van der Waals surface area contributed by atoms with Crippen LogP contribution in [0.15, 0.2) is 36.5 Å². The van der Waals surface area contributed by atoms with Gasteiger partial charge in [-0.1, -0.05) is 19.6 Å². The number of nitrogens with zero attached hydrogens (tertiary/aromatic N) is 4. The predicted octanol–water partition coefficient (Wildman–Crippen LogP) is 8.13. The molecule has 0 saturated heterocycles. The zero-order valence-electron chi connectivity index (χ0n) is 30.5. The number of carbonyl (C=O) groups excluding carboxylic acids is 1. The van der Waals surface area contributed by atoms with Gasteiger partial charge < -0.3 is 18.8 Å². The maximum Gasteiger partial charge on any atom is 0.419 e. The molecule has 0 aliphatic carbocycles. The fourth-order valence-electron chi connectivity index (χ4n) is 5.49. The normalized spacial score (nSPS) is 14.8. The Bertz CT molecular complexity index is 1980. The van der Waals surface area contributed by atoms with Crippen LogP contribution in [0.3, 0.4) is 0 Å². The zero-order chi connectivity index (χ0) is 37.6. The number of imidazole rings is 1. The first-order valence-corrected chi connectivity index (χ1v) is 21.0. The van der Waals surface area contributed by atoms with E-state index < -0.39 is 58.6 Å². The zero-order valence-corrected chi connectivity index (χ0v) is 32.3. The second-order valence-corrected chi connectivity index (χ2v) is 23.0. The predicted molar refractivity (Wildman–Crippen MR) is 191 cm³/mol. The van der Waals surface area contributed by atoms with Crippen molar-refractivity contribution in [3.05, 3.63) is 59.0 Å². The van der Waals surface area contributed by atoms with Gasteiger partial charge in [0.2, 0.25) is 5.54 Å². The summed E-state index contributed by atoms with van der Waals surface area (Å²) in [5, 5.41) is 9.71. The summed E-state index contributed by atoms with van der Waals surface area (Å²) in [6.45, 7) is 17.8. The molecule has 10 nitrogen and oxygen atoms in total. The fraction of sp³-hybridized carbons (Fsp3) is 0.514. The number of methoxy groups -OCH3 is 1. The molecule has 1 N–H and O–H groups in total. The number of hydrogen-bond donors (Lipinski definition) is 1. The summed E-state index contributed by atoms with van der Waals surface area (Å²) in [6.07, 6.45) is -4.67. The van der Waals surface area contributed by atoms with Crippen LogP contribution in [0.4, 0.5) is 18.0 Å². The highest BCUT2D eigenvalue weighted by Gasteiger charge is 2.64. The summed E-state index contributed by atoms with van der Waals surface area (Å²) in [5.74, 6) is -0.752. The lowest BCUT2D eigenvalue weighted by Gasteiger charge is -2.39. The maximum atomic E-state index is 16.5. The molecule has 2 heterocycles. The maximum absolute atomic E-state index is 16.5. The Labute approximate surface area is 294 Å². The number of rotatable bonds is 10. The van der Waals surface area contributed by atoms with Crippen LogP contribution in [0.25, 0.3) is 21.9 Å². The Morgan fingerprint density at radius 2 is 1.74 bits per heavy atom. The standard InChI is InChI=1S/C35H46F3N5O5SSi/c1-22-18-27(46-8)28(24-14-15-42(29(22)24)31(44)48-32(2,3)4)34(35(36,37)38,41-49(45)33(5,6)7)30-40-25-13-12-23(20-39)19-26(25)43(30)21-47-16-17-50(9,10)11/h12-15,18-19,41H,16-17,21H2,1-11H3. The van der Waals surface area contributed by atoms with Crippen molar-refractivity contribution in [1.29, 1.82) is 5.26 Å². The van der Waals surface area contributed by atoms with Gasteiger partial charge >= 0.3 is 12.3 Å². The molecule has 2 unspecified atom stereocenters. The topological polar surface area (TPSA) is 120 Å². The third kappa shape index (κ3) is 7.78. The first-order chi connectivity index (χ1) is 22.9. The van der Waals surface area contributed by atoms with Crippen molar-refractivity contribution in [2.75, 3.05) is 13.7 Å². The number of aryl methyl sites for hydroxylation is 1. The van der Waals surface area contributed by atoms with Crippen molar-refractivity contribution >= 4 is 47.1 Å². The molecule has 0 spiro atoms. The van der Waals surface area contributed by atoms with Crippen molar-refractivity contribution in [2.45, 2.75) is 103 Å². The van der Waals surface area contributed by atoms with Crippen LogP contribution in [0.1, 0.15) is 64.1 Å².